The normalized spacial score (nSPS) is 10.5. The van der Waals surface area contributed by atoms with E-state index >= 15 is 0 Å². The first-order valence-corrected chi connectivity index (χ1v) is 5.40. The Bertz CT molecular complexity index is 508. The van der Waals surface area contributed by atoms with E-state index in [1.807, 2.05) is 26.0 Å². The SMILES string of the molecule is Cc1ccc(OCc2noc(CN)n2)c(C)c1. The van der Waals surface area contributed by atoms with E-state index in [0.29, 0.717) is 11.7 Å². The van der Waals surface area contributed by atoms with Crippen molar-refractivity contribution in [3.05, 3.63) is 41.0 Å². The number of ether oxygens (including phenoxy) is 1. The summed E-state index contributed by atoms with van der Waals surface area (Å²) in [4.78, 5) is 4.06. The van der Waals surface area contributed by atoms with Crippen molar-refractivity contribution in [3.63, 3.8) is 0 Å². The summed E-state index contributed by atoms with van der Waals surface area (Å²) in [5.41, 5.74) is 7.67. The number of nitrogens with two attached hydrogens (primary N) is 1. The standard InChI is InChI=1S/C12H15N3O2/c1-8-3-4-10(9(2)5-8)16-7-11-14-12(6-13)17-15-11/h3-5H,6-7,13H2,1-2H3. The maximum Gasteiger partial charge on any atom is 0.240 e. The van der Waals surface area contributed by atoms with Gasteiger partial charge in [0.25, 0.3) is 0 Å². The van der Waals surface area contributed by atoms with Crippen molar-refractivity contribution < 1.29 is 9.26 Å². The molecule has 0 bridgehead atoms. The highest BCUT2D eigenvalue weighted by atomic mass is 16.5. The van der Waals surface area contributed by atoms with E-state index in [4.69, 9.17) is 15.0 Å². The average molecular weight is 233 g/mol. The maximum absolute atomic E-state index is 5.61. The van der Waals surface area contributed by atoms with Crippen molar-refractivity contribution in [1.82, 2.24) is 10.1 Å². The monoisotopic (exact) mass is 233 g/mol. The molecule has 0 fully saturated rings. The zero-order valence-electron chi connectivity index (χ0n) is 9.93. The van der Waals surface area contributed by atoms with Crippen LogP contribution >= 0.6 is 0 Å². The van der Waals surface area contributed by atoms with E-state index in [1.54, 1.807) is 0 Å². The Morgan fingerprint density at radius 2 is 2.18 bits per heavy atom. The number of hydrogen-bond donors (Lipinski definition) is 1. The minimum Gasteiger partial charge on any atom is -0.485 e. The molecule has 0 spiro atoms. The molecule has 5 heteroatoms. The summed E-state index contributed by atoms with van der Waals surface area (Å²) in [5.74, 6) is 1.75. The van der Waals surface area contributed by atoms with Gasteiger partial charge in [-0.15, -0.1) is 0 Å². The summed E-state index contributed by atoms with van der Waals surface area (Å²) in [6, 6.07) is 6.01. The third-order valence-corrected chi connectivity index (χ3v) is 2.37. The molecule has 2 rings (SSSR count). The van der Waals surface area contributed by atoms with E-state index < -0.39 is 0 Å². The van der Waals surface area contributed by atoms with Crippen LogP contribution in [0, 0.1) is 13.8 Å². The van der Waals surface area contributed by atoms with Gasteiger partial charge in [-0.3, -0.25) is 0 Å². The minimum atomic E-state index is 0.247. The van der Waals surface area contributed by atoms with Gasteiger partial charge < -0.3 is 15.0 Å². The predicted octanol–water partition coefficient (Wildman–Crippen LogP) is 1.72. The van der Waals surface area contributed by atoms with Crippen molar-refractivity contribution in [3.8, 4) is 5.75 Å². The van der Waals surface area contributed by atoms with Crippen LogP contribution in [0.3, 0.4) is 0 Å². The molecule has 0 unspecified atom stereocenters. The Labute approximate surface area is 99.6 Å². The fourth-order valence-corrected chi connectivity index (χ4v) is 1.54. The molecule has 0 aliphatic rings. The summed E-state index contributed by atoms with van der Waals surface area (Å²) >= 11 is 0. The molecule has 0 amide bonds. The van der Waals surface area contributed by atoms with Crippen LogP contribution in [-0.4, -0.2) is 10.1 Å². The summed E-state index contributed by atoms with van der Waals surface area (Å²) in [6.45, 7) is 4.58. The first-order chi connectivity index (χ1) is 8.19. The lowest BCUT2D eigenvalue weighted by Gasteiger charge is -2.07. The van der Waals surface area contributed by atoms with E-state index in [9.17, 15) is 0 Å². The summed E-state index contributed by atoms with van der Waals surface area (Å²) < 4.78 is 10.5. The van der Waals surface area contributed by atoms with Crippen molar-refractivity contribution in [2.75, 3.05) is 0 Å². The fraction of sp³-hybridized carbons (Fsp3) is 0.333. The molecule has 0 aliphatic heterocycles. The quantitative estimate of drug-likeness (QED) is 0.870. The number of rotatable bonds is 4. The Kier molecular flexibility index (Phi) is 3.39. The third kappa shape index (κ3) is 2.82. The number of nitrogens with zero attached hydrogens (tertiary/aromatic N) is 2. The van der Waals surface area contributed by atoms with Crippen molar-refractivity contribution in [2.45, 2.75) is 27.0 Å². The first kappa shape index (κ1) is 11.6. The van der Waals surface area contributed by atoms with Gasteiger partial charge in [0.1, 0.15) is 5.75 Å². The van der Waals surface area contributed by atoms with Crippen LogP contribution < -0.4 is 10.5 Å². The van der Waals surface area contributed by atoms with Crippen LogP contribution in [0.2, 0.25) is 0 Å². The van der Waals surface area contributed by atoms with Crippen molar-refractivity contribution in [1.29, 1.82) is 0 Å². The number of hydrogen-bond acceptors (Lipinski definition) is 5. The molecule has 90 valence electrons. The molecule has 0 radical (unpaired) electrons. The molecule has 1 heterocycles. The van der Waals surface area contributed by atoms with Crippen LogP contribution in [0.4, 0.5) is 0 Å². The van der Waals surface area contributed by atoms with Gasteiger partial charge >= 0.3 is 0 Å². The van der Waals surface area contributed by atoms with Crippen LogP contribution in [0.15, 0.2) is 22.7 Å². The van der Waals surface area contributed by atoms with E-state index in [2.05, 4.69) is 16.2 Å². The van der Waals surface area contributed by atoms with Gasteiger partial charge in [-0.1, -0.05) is 22.9 Å². The molecule has 0 aliphatic carbocycles. The third-order valence-electron chi connectivity index (χ3n) is 2.37. The number of aromatic nitrogens is 2. The van der Waals surface area contributed by atoms with Crippen LogP contribution in [0.5, 0.6) is 5.75 Å². The highest BCUT2D eigenvalue weighted by Gasteiger charge is 2.06. The molecule has 2 aromatic rings. The van der Waals surface area contributed by atoms with Gasteiger partial charge in [0.15, 0.2) is 6.61 Å². The fourth-order valence-electron chi connectivity index (χ4n) is 1.54. The molecule has 17 heavy (non-hydrogen) atoms. The van der Waals surface area contributed by atoms with Gasteiger partial charge in [0, 0.05) is 0 Å². The van der Waals surface area contributed by atoms with Gasteiger partial charge in [-0.2, -0.15) is 4.98 Å². The largest absolute Gasteiger partial charge is 0.485 e. The summed E-state index contributed by atoms with van der Waals surface area (Å²) in [7, 11) is 0. The molecule has 0 saturated heterocycles. The van der Waals surface area contributed by atoms with Crippen LogP contribution in [0.25, 0.3) is 0 Å². The lowest BCUT2D eigenvalue weighted by molar-refractivity contribution is 0.283. The minimum absolute atomic E-state index is 0.247. The number of benzene rings is 1. The van der Waals surface area contributed by atoms with E-state index in [0.717, 1.165) is 11.3 Å². The summed E-state index contributed by atoms with van der Waals surface area (Å²) in [6.07, 6.45) is 0. The second-order valence-electron chi connectivity index (χ2n) is 3.87. The first-order valence-electron chi connectivity index (χ1n) is 5.40. The highest BCUT2D eigenvalue weighted by molar-refractivity contribution is 5.35. The van der Waals surface area contributed by atoms with Gasteiger partial charge in [-0.25, -0.2) is 0 Å². The molecule has 0 atom stereocenters. The molecular formula is C12H15N3O2. The molecular weight excluding hydrogens is 218 g/mol. The van der Waals surface area contributed by atoms with E-state index in [1.165, 1.54) is 5.56 Å². The van der Waals surface area contributed by atoms with Crippen molar-refractivity contribution in [2.24, 2.45) is 5.73 Å². The molecule has 2 N–H and O–H groups in total. The Morgan fingerprint density at radius 3 is 2.82 bits per heavy atom. The average Bonchev–Trinajstić information content (AvgIpc) is 2.76. The zero-order valence-corrected chi connectivity index (χ0v) is 9.93. The lowest BCUT2D eigenvalue weighted by Crippen LogP contribution is -2.00. The Hall–Kier alpha value is -1.88. The Balaban J connectivity index is 2.02. The molecule has 1 aromatic heterocycles. The number of aryl methyl sites for hydroxylation is 2. The van der Waals surface area contributed by atoms with Crippen molar-refractivity contribution >= 4 is 0 Å². The van der Waals surface area contributed by atoms with Gasteiger partial charge in [-0.05, 0) is 25.5 Å². The lowest BCUT2D eigenvalue weighted by atomic mass is 10.1. The van der Waals surface area contributed by atoms with Crippen LogP contribution in [0.1, 0.15) is 22.8 Å². The maximum atomic E-state index is 5.61. The predicted molar refractivity (Wildman–Crippen MR) is 62.4 cm³/mol. The second kappa shape index (κ2) is 4.97. The van der Waals surface area contributed by atoms with Crippen LogP contribution in [-0.2, 0) is 13.2 Å². The topological polar surface area (TPSA) is 74.2 Å². The molecule has 0 saturated carbocycles. The smallest absolute Gasteiger partial charge is 0.240 e. The van der Waals surface area contributed by atoms with Gasteiger partial charge in [0.2, 0.25) is 11.7 Å². The summed E-state index contributed by atoms with van der Waals surface area (Å²) in [5, 5.41) is 3.76. The van der Waals surface area contributed by atoms with Gasteiger partial charge in [0.05, 0.1) is 6.54 Å². The zero-order chi connectivity index (χ0) is 12.3. The molecule has 1 aromatic carbocycles. The highest BCUT2D eigenvalue weighted by Crippen LogP contribution is 2.19. The molecule has 5 nitrogen and oxygen atoms in total. The van der Waals surface area contributed by atoms with E-state index in [-0.39, 0.29) is 13.2 Å². The Morgan fingerprint density at radius 1 is 1.35 bits per heavy atom. The second-order valence-corrected chi connectivity index (χ2v) is 3.87.